The van der Waals surface area contributed by atoms with Crippen molar-refractivity contribution in [2.24, 2.45) is 5.92 Å². The quantitative estimate of drug-likeness (QED) is 0.812. The number of rotatable bonds is 3. The normalized spacial score (nSPS) is 24.6. The molecule has 1 aromatic carbocycles. The van der Waals surface area contributed by atoms with Crippen LogP contribution in [0.25, 0.3) is 0 Å². The maximum absolute atomic E-state index is 11.1. The average Bonchev–Trinajstić information content (AvgIpc) is 2.78. The van der Waals surface area contributed by atoms with Gasteiger partial charge in [0, 0.05) is 19.0 Å². The summed E-state index contributed by atoms with van der Waals surface area (Å²) in [5.41, 5.74) is 2.43. The number of carboxylic acids is 1. The Labute approximate surface area is 95.5 Å². The lowest BCUT2D eigenvalue weighted by Gasteiger charge is -2.15. The minimum absolute atomic E-state index is 0.114. The molecule has 0 radical (unpaired) electrons. The van der Waals surface area contributed by atoms with Crippen molar-refractivity contribution in [3.05, 3.63) is 35.4 Å². The van der Waals surface area contributed by atoms with Gasteiger partial charge in [0.05, 0.1) is 5.92 Å². The molecule has 1 fully saturated rings. The fourth-order valence-corrected chi connectivity index (χ4v) is 2.29. The Balaban J connectivity index is 2.19. The van der Waals surface area contributed by atoms with Gasteiger partial charge in [-0.3, -0.25) is 4.79 Å². The molecule has 2 N–H and O–H groups in total. The zero-order valence-corrected chi connectivity index (χ0v) is 9.44. The van der Waals surface area contributed by atoms with Crippen LogP contribution in [0.2, 0.25) is 0 Å². The Bertz CT molecular complexity index is 372. The fraction of sp³-hybridized carbons (Fsp3) is 0.462. The summed E-state index contributed by atoms with van der Waals surface area (Å²) in [5, 5.41) is 12.3. The number of carboxylic acid groups (broad SMARTS) is 1. The molecule has 3 heteroatoms. The number of aryl methyl sites for hydroxylation is 1. The van der Waals surface area contributed by atoms with Crippen molar-refractivity contribution >= 4 is 5.97 Å². The smallest absolute Gasteiger partial charge is 0.308 e. The van der Waals surface area contributed by atoms with Gasteiger partial charge in [0.1, 0.15) is 0 Å². The van der Waals surface area contributed by atoms with Crippen molar-refractivity contribution in [1.82, 2.24) is 5.32 Å². The summed E-state index contributed by atoms with van der Waals surface area (Å²) in [6.45, 7) is 3.46. The minimum atomic E-state index is -0.699. The summed E-state index contributed by atoms with van der Waals surface area (Å²) < 4.78 is 0. The Kier molecular flexibility index (Phi) is 3.25. The number of benzene rings is 1. The lowest BCUT2D eigenvalue weighted by Crippen LogP contribution is -2.20. The molecule has 1 heterocycles. The van der Waals surface area contributed by atoms with Crippen LogP contribution >= 0.6 is 0 Å². The first-order valence-electron chi connectivity index (χ1n) is 5.74. The summed E-state index contributed by atoms with van der Waals surface area (Å²) in [5.74, 6) is -0.870. The fourth-order valence-electron chi connectivity index (χ4n) is 2.29. The van der Waals surface area contributed by atoms with E-state index in [2.05, 4.69) is 36.5 Å². The van der Waals surface area contributed by atoms with E-state index in [-0.39, 0.29) is 11.8 Å². The first kappa shape index (κ1) is 11.1. The van der Waals surface area contributed by atoms with Gasteiger partial charge in [0.25, 0.3) is 0 Å². The van der Waals surface area contributed by atoms with Crippen LogP contribution in [0.3, 0.4) is 0 Å². The second kappa shape index (κ2) is 4.66. The van der Waals surface area contributed by atoms with Gasteiger partial charge >= 0.3 is 5.97 Å². The summed E-state index contributed by atoms with van der Waals surface area (Å²) in [4.78, 5) is 11.1. The maximum Gasteiger partial charge on any atom is 0.308 e. The molecule has 0 unspecified atom stereocenters. The van der Waals surface area contributed by atoms with Crippen molar-refractivity contribution in [1.29, 1.82) is 0 Å². The molecule has 2 rings (SSSR count). The van der Waals surface area contributed by atoms with E-state index in [1.165, 1.54) is 5.56 Å². The molecule has 86 valence electrons. The van der Waals surface area contributed by atoms with Crippen molar-refractivity contribution in [3.8, 4) is 0 Å². The van der Waals surface area contributed by atoms with Crippen molar-refractivity contribution in [2.75, 3.05) is 13.1 Å². The summed E-state index contributed by atoms with van der Waals surface area (Å²) in [6.07, 6.45) is 1.02. The van der Waals surface area contributed by atoms with Crippen LogP contribution in [0.15, 0.2) is 24.3 Å². The predicted octanol–water partition coefficient (Wildman–Crippen LogP) is 1.64. The predicted molar refractivity (Wildman–Crippen MR) is 62.6 cm³/mol. The van der Waals surface area contributed by atoms with Crippen LogP contribution in [0.1, 0.15) is 24.0 Å². The summed E-state index contributed by atoms with van der Waals surface area (Å²) >= 11 is 0. The van der Waals surface area contributed by atoms with E-state index >= 15 is 0 Å². The van der Waals surface area contributed by atoms with Crippen LogP contribution in [0, 0.1) is 5.92 Å². The molecule has 1 aliphatic heterocycles. The van der Waals surface area contributed by atoms with E-state index in [4.69, 9.17) is 5.11 Å². The van der Waals surface area contributed by atoms with Gasteiger partial charge in [0.2, 0.25) is 0 Å². The lowest BCUT2D eigenvalue weighted by molar-refractivity contribution is -0.141. The molecule has 1 aliphatic rings. The molecule has 16 heavy (non-hydrogen) atoms. The van der Waals surface area contributed by atoms with E-state index in [0.717, 1.165) is 18.5 Å². The highest BCUT2D eigenvalue weighted by Crippen LogP contribution is 2.28. The standard InChI is InChI=1S/C13H17NO2/c1-2-9-3-5-10(6-4-9)11-7-14-8-12(11)13(15)16/h3-6,11-12,14H,2,7-8H2,1H3,(H,15,16)/t11-,12-/m0/s1. The molecule has 0 spiro atoms. The third-order valence-corrected chi connectivity index (χ3v) is 3.35. The highest BCUT2D eigenvalue weighted by atomic mass is 16.4. The number of hydrogen-bond acceptors (Lipinski definition) is 2. The molecule has 0 aliphatic carbocycles. The van der Waals surface area contributed by atoms with E-state index < -0.39 is 5.97 Å². The Morgan fingerprint density at radius 3 is 2.62 bits per heavy atom. The largest absolute Gasteiger partial charge is 0.481 e. The molecule has 0 saturated carbocycles. The summed E-state index contributed by atoms with van der Waals surface area (Å²) in [6, 6.07) is 8.30. The zero-order valence-electron chi connectivity index (χ0n) is 9.44. The molecule has 0 bridgehead atoms. The van der Waals surface area contributed by atoms with Crippen LogP contribution < -0.4 is 5.32 Å². The molecular weight excluding hydrogens is 202 g/mol. The molecule has 1 aromatic rings. The molecular formula is C13H17NO2. The minimum Gasteiger partial charge on any atom is -0.481 e. The van der Waals surface area contributed by atoms with E-state index in [1.807, 2.05) is 0 Å². The number of hydrogen-bond donors (Lipinski definition) is 2. The van der Waals surface area contributed by atoms with Gasteiger partial charge in [-0.2, -0.15) is 0 Å². The van der Waals surface area contributed by atoms with Crippen LogP contribution in [-0.2, 0) is 11.2 Å². The van der Waals surface area contributed by atoms with Gasteiger partial charge < -0.3 is 10.4 Å². The van der Waals surface area contributed by atoms with Crippen LogP contribution in [0.5, 0.6) is 0 Å². The first-order valence-corrected chi connectivity index (χ1v) is 5.74. The molecule has 2 atom stereocenters. The van der Waals surface area contributed by atoms with Crippen LogP contribution in [0.4, 0.5) is 0 Å². The average molecular weight is 219 g/mol. The molecule has 0 amide bonds. The molecule has 1 saturated heterocycles. The highest BCUT2D eigenvalue weighted by Gasteiger charge is 2.33. The number of nitrogens with one attached hydrogen (secondary N) is 1. The topological polar surface area (TPSA) is 49.3 Å². The SMILES string of the molecule is CCc1ccc([C@@H]2CNC[C@@H]2C(=O)O)cc1. The second-order valence-electron chi connectivity index (χ2n) is 4.30. The third-order valence-electron chi connectivity index (χ3n) is 3.35. The number of aliphatic carboxylic acids is 1. The van der Waals surface area contributed by atoms with Crippen molar-refractivity contribution in [2.45, 2.75) is 19.3 Å². The van der Waals surface area contributed by atoms with Gasteiger partial charge in [-0.25, -0.2) is 0 Å². The van der Waals surface area contributed by atoms with E-state index in [0.29, 0.717) is 6.54 Å². The number of carbonyl (C=O) groups is 1. The van der Waals surface area contributed by atoms with Gasteiger partial charge in [0.15, 0.2) is 0 Å². The third kappa shape index (κ3) is 2.09. The van der Waals surface area contributed by atoms with Gasteiger partial charge in [-0.15, -0.1) is 0 Å². The van der Waals surface area contributed by atoms with Gasteiger partial charge in [-0.05, 0) is 17.5 Å². The Hall–Kier alpha value is -1.35. The monoisotopic (exact) mass is 219 g/mol. The highest BCUT2D eigenvalue weighted by molar-refractivity contribution is 5.72. The maximum atomic E-state index is 11.1. The van der Waals surface area contributed by atoms with Crippen molar-refractivity contribution in [3.63, 3.8) is 0 Å². The Morgan fingerprint density at radius 2 is 2.06 bits per heavy atom. The molecule has 3 nitrogen and oxygen atoms in total. The first-order chi connectivity index (χ1) is 7.72. The van der Waals surface area contributed by atoms with E-state index in [9.17, 15) is 4.79 Å². The second-order valence-corrected chi connectivity index (χ2v) is 4.30. The lowest BCUT2D eigenvalue weighted by atomic mass is 9.88. The molecule has 0 aromatic heterocycles. The van der Waals surface area contributed by atoms with Crippen molar-refractivity contribution < 1.29 is 9.90 Å². The summed E-state index contributed by atoms with van der Waals surface area (Å²) in [7, 11) is 0. The Morgan fingerprint density at radius 1 is 1.38 bits per heavy atom. The zero-order chi connectivity index (χ0) is 11.5. The van der Waals surface area contributed by atoms with Crippen LogP contribution in [-0.4, -0.2) is 24.2 Å². The van der Waals surface area contributed by atoms with E-state index in [1.54, 1.807) is 0 Å². The van der Waals surface area contributed by atoms with Gasteiger partial charge in [-0.1, -0.05) is 31.2 Å².